The maximum Gasteiger partial charge on any atom is 0.242 e. The van der Waals surface area contributed by atoms with Gasteiger partial charge in [0, 0.05) is 5.54 Å². The number of halogens is 1. The largest absolute Gasteiger partial charge is 0.358 e. The Morgan fingerprint density at radius 1 is 1.37 bits per heavy atom. The first-order chi connectivity index (χ1) is 8.74. The number of hydrogen-bond donors (Lipinski definition) is 4. The van der Waals surface area contributed by atoms with Crippen molar-refractivity contribution >= 4 is 33.5 Å². The van der Waals surface area contributed by atoms with E-state index in [1.807, 2.05) is 20.8 Å². The molecule has 0 aliphatic carbocycles. The summed E-state index contributed by atoms with van der Waals surface area (Å²) in [5.74, 6) is 6.15. The minimum atomic E-state index is -0.434. The second kappa shape index (κ2) is 6.16. The van der Waals surface area contributed by atoms with Crippen molar-refractivity contribution in [2.45, 2.75) is 39.3 Å². The summed E-state index contributed by atoms with van der Waals surface area (Å²) in [6.45, 7) is 7.53. The minimum absolute atomic E-state index is 0.111. The van der Waals surface area contributed by atoms with E-state index in [0.717, 1.165) is 0 Å². The van der Waals surface area contributed by atoms with E-state index in [9.17, 15) is 4.79 Å². The third kappa shape index (κ3) is 4.64. The smallest absolute Gasteiger partial charge is 0.242 e. The molecule has 1 atom stereocenters. The molecule has 0 saturated heterocycles. The van der Waals surface area contributed by atoms with E-state index in [1.54, 1.807) is 6.92 Å². The zero-order valence-corrected chi connectivity index (χ0v) is 13.0. The molecule has 1 heterocycles. The van der Waals surface area contributed by atoms with Crippen LogP contribution in [0.15, 0.2) is 10.8 Å². The summed E-state index contributed by atoms with van der Waals surface area (Å²) in [6.07, 6.45) is 1.36. The molecule has 0 spiro atoms. The number of rotatable bonds is 4. The third-order valence-corrected chi connectivity index (χ3v) is 2.92. The number of amides is 1. The van der Waals surface area contributed by atoms with Crippen molar-refractivity contribution in [2.24, 2.45) is 5.84 Å². The van der Waals surface area contributed by atoms with Crippen LogP contribution in [0.3, 0.4) is 0 Å². The van der Waals surface area contributed by atoms with Crippen LogP contribution in [0.4, 0.5) is 11.6 Å². The lowest BCUT2D eigenvalue weighted by Crippen LogP contribution is -2.47. The molecule has 7 nitrogen and oxygen atoms in total. The molecule has 1 rings (SSSR count). The third-order valence-electron chi connectivity index (χ3n) is 2.17. The van der Waals surface area contributed by atoms with Gasteiger partial charge < -0.3 is 16.1 Å². The Morgan fingerprint density at radius 3 is 2.47 bits per heavy atom. The Labute approximate surface area is 120 Å². The van der Waals surface area contributed by atoms with E-state index in [4.69, 9.17) is 5.84 Å². The van der Waals surface area contributed by atoms with Gasteiger partial charge in [-0.25, -0.2) is 15.8 Å². The number of carbonyl (C=O) groups excluding carboxylic acids is 1. The number of nitrogens with two attached hydrogens (primary N) is 1. The summed E-state index contributed by atoms with van der Waals surface area (Å²) in [6, 6.07) is -0.434. The van der Waals surface area contributed by atoms with Gasteiger partial charge in [0.25, 0.3) is 0 Å². The van der Waals surface area contributed by atoms with E-state index in [2.05, 4.69) is 42.0 Å². The van der Waals surface area contributed by atoms with Crippen LogP contribution in [0.5, 0.6) is 0 Å². The molecule has 0 aliphatic heterocycles. The highest BCUT2D eigenvalue weighted by atomic mass is 79.9. The SMILES string of the molecule is CC(Nc1ncnc(NN)c1Br)C(=O)NC(C)(C)C. The molecule has 0 aromatic carbocycles. The molecule has 19 heavy (non-hydrogen) atoms. The molecule has 0 saturated carbocycles. The van der Waals surface area contributed by atoms with Gasteiger partial charge in [0.15, 0.2) is 5.82 Å². The van der Waals surface area contributed by atoms with E-state index in [0.29, 0.717) is 16.1 Å². The molecule has 1 unspecified atom stereocenters. The normalized spacial score (nSPS) is 12.7. The van der Waals surface area contributed by atoms with Crippen molar-refractivity contribution in [3.63, 3.8) is 0 Å². The summed E-state index contributed by atoms with van der Waals surface area (Å²) in [5, 5.41) is 5.89. The molecule has 106 valence electrons. The van der Waals surface area contributed by atoms with Gasteiger partial charge in [-0.05, 0) is 43.6 Å². The maximum atomic E-state index is 12.0. The van der Waals surface area contributed by atoms with Gasteiger partial charge in [0.2, 0.25) is 5.91 Å². The van der Waals surface area contributed by atoms with Crippen molar-refractivity contribution in [1.29, 1.82) is 0 Å². The summed E-state index contributed by atoms with van der Waals surface area (Å²) >= 11 is 3.32. The average Bonchev–Trinajstić information content (AvgIpc) is 2.29. The van der Waals surface area contributed by atoms with Crippen LogP contribution in [0.2, 0.25) is 0 Å². The Kier molecular flexibility index (Phi) is 5.07. The van der Waals surface area contributed by atoms with Crippen LogP contribution in [0.1, 0.15) is 27.7 Å². The van der Waals surface area contributed by atoms with Crippen LogP contribution in [-0.4, -0.2) is 27.5 Å². The van der Waals surface area contributed by atoms with E-state index >= 15 is 0 Å². The molecule has 0 bridgehead atoms. The second-order valence-corrected chi connectivity index (χ2v) is 5.93. The minimum Gasteiger partial charge on any atom is -0.358 e. The molecule has 0 fully saturated rings. The summed E-state index contributed by atoms with van der Waals surface area (Å²) < 4.78 is 0.577. The monoisotopic (exact) mass is 330 g/mol. The Morgan fingerprint density at radius 2 is 1.95 bits per heavy atom. The maximum absolute atomic E-state index is 12.0. The standard InChI is InChI=1S/C11H19BrN6O/c1-6(10(19)17-11(2,3)4)16-8-7(12)9(18-13)15-5-14-8/h5-6H,13H2,1-4H3,(H,17,19)(H2,14,15,16,18). The molecule has 1 aromatic heterocycles. The zero-order valence-electron chi connectivity index (χ0n) is 11.4. The van der Waals surface area contributed by atoms with Crippen LogP contribution in [-0.2, 0) is 4.79 Å². The number of aromatic nitrogens is 2. The molecule has 8 heteroatoms. The fourth-order valence-electron chi connectivity index (χ4n) is 1.32. The number of hydrazine groups is 1. The number of nitrogen functional groups attached to an aromatic ring is 1. The van der Waals surface area contributed by atoms with Gasteiger partial charge in [0.05, 0.1) is 0 Å². The van der Waals surface area contributed by atoms with E-state index in [-0.39, 0.29) is 11.4 Å². The summed E-state index contributed by atoms with van der Waals surface area (Å²) in [5.41, 5.74) is 2.16. The van der Waals surface area contributed by atoms with Gasteiger partial charge in [-0.1, -0.05) is 0 Å². The second-order valence-electron chi connectivity index (χ2n) is 5.13. The van der Waals surface area contributed by atoms with Crippen molar-refractivity contribution in [3.8, 4) is 0 Å². The fourth-order valence-corrected chi connectivity index (χ4v) is 1.75. The Balaban J connectivity index is 2.77. The van der Waals surface area contributed by atoms with Crippen molar-refractivity contribution in [3.05, 3.63) is 10.8 Å². The van der Waals surface area contributed by atoms with Crippen molar-refractivity contribution in [2.75, 3.05) is 10.7 Å². The number of hydrogen-bond acceptors (Lipinski definition) is 6. The first kappa shape index (κ1) is 15.6. The van der Waals surface area contributed by atoms with Crippen LogP contribution in [0.25, 0.3) is 0 Å². The highest BCUT2D eigenvalue weighted by Gasteiger charge is 2.20. The van der Waals surface area contributed by atoms with Crippen molar-refractivity contribution < 1.29 is 4.79 Å². The van der Waals surface area contributed by atoms with Crippen LogP contribution < -0.4 is 21.9 Å². The fraction of sp³-hybridized carbons (Fsp3) is 0.545. The van der Waals surface area contributed by atoms with Crippen LogP contribution >= 0.6 is 15.9 Å². The molecule has 1 aromatic rings. The predicted molar refractivity (Wildman–Crippen MR) is 78.5 cm³/mol. The molecular formula is C11H19BrN6O. The Bertz CT molecular complexity index is 459. The van der Waals surface area contributed by atoms with Gasteiger partial charge >= 0.3 is 0 Å². The summed E-state index contributed by atoms with van der Waals surface area (Å²) in [4.78, 5) is 20.0. The van der Waals surface area contributed by atoms with E-state index < -0.39 is 6.04 Å². The highest BCUT2D eigenvalue weighted by Crippen LogP contribution is 2.26. The predicted octanol–water partition coefficient (Wildman–Crippen LogP) is 1.24. The van der Waals surface area contributed by atoms with E-state index in [1.165, 1.54) is 6.33 Å². The topological polar surface area (TPSA) is 105 Å². The number of carbonyl (C=O) groups is 1. The molecule has 0 aliphatic rings. The van der Waals surface area contributed by atoms with Crippen molar-refractivity contribution in [1.82, 2.24) is 15.3 Å². The first-order valence-corrected chi connectivity index (χ1v) is 6.59. The molecule has 5 N–H and O–H groups in total. The first-order valence-electron chi connectivity index (χ1n) is 5.80. The van der Waals surface area contributed by atoms with Gasteiger partial charge in [0.1, 0.15) is 22.7 Å². The Hall–Kier alpha value is -1.41. The van der Waals surface area contributed by atoms with Gasteiger partial charge in [-0.15, -0.1) is 0 Å². The molecule has 0 radical (unpaired) electrons. The molecule has 1 amide bonds. The number of anilines is 2. The van der Waals surface area contributed by atoms with Gasteiger partial charge in [-0.3, -0.25) is 4.79 Å². The highest BCUT2D eigenvalue weighted by molar-refractivity contribution is 9.10. The summed E-state index contributed by atoms with van der Waals surface area (Å²) in [7, 11) is 0. The lowest BCUT2D eigenvalue weighted by Gasteiger charge is -2.24. The number of nitrogens with zero attached hydrogens (tertiary/aromatic N) is 2. The van der Waals surface area contributed by atoms with Gasteiger partial charge in [-0.2, -0.15) is 0 Å². The lowest BCUT2D eigenvalue weighted by atomic mass is 10.1. The average molecular weight is 331 g/mol. The number of nitrogens with one attached hydrogen (secondary N) is 3. The quantitative estimate of drug-likeness (QED) is 0.489. The zero-order chi connectivity index (χ0) is 14.6. The lowest BCUT2D eigenvalue weighted by molar-refractivity contribution is -0.122. The van der Waals surface area contributed by atoms with Crippen LogP contribution in [0, 0.1) is 0 Å². The molecular weight excluding hydrogens is 312 g/mol.